The second-order valence-electron chi connectivity index (χ2n) is 3.42. The highest BCUT2D eigenvalue weighted by Crippen LogP contribution is 2.21. The summed E-state index contributed by atoms with van der Waals surface area (Å²) in [6.07, 6.45) is 1.65. The highest BCUT2D eigenvalue weighted by Gasteiger charge is 2.21. The minimum Gasteiger partial charge on any atom is -0.274 e. The second-order valence-corrected chi connectivity index (χ2v) is 4.17. The lowest BCUT2D eigenvalue weighted by Gasteiger charge is -2.11. The van der Waals surface area contributed by atoms with E-state index in [1.165, 1.54) is 14.2 Å². The van der Waals surface area contributed by atoms with Crippen molar-refractivity contribution in [2.75, 3.05) is 14.2 Å². The number of fused-ring (bicyclic) bond motifs is 1. The zero-order chi connectivity index (χ0) is 12.6. The summed E-state index contributed by atoms with van der Waals surface area (Å²) >= 11 is 3.36. The van der Waals surface area contributed by atoms with Gasteiger partial charge in [-0.05, 0) is 28.9 Å². The van der Waals surface area contributed by atoms with Crippen molar-refractivity contribution in [1.29, 1.82) is 0 Å². The number of hydrogen-bond donors (Lipinski definition) is 0. The average Bonchev–Trinajstić information content (AvgIpc) is 2.66. The summed E-state index contributed by atoms with van der Waals surface area (Å²) in [5.41, 5.74) is 0.961. The number of carbonyl (C=O) groups is 1. The van der Waals surface area contributed by atoms with E-state index in [-0.39, 0.29) is 5.91 Å². The molecular weight excluding hydrogens is 288 g/mol. The maximum absolute atomic E-state index is 12.0. The highest BCUT2D eigenvalue weighted by molar-refractivity contribution is 9.10. The van der Waals surface area contributed by atoms with E-state index in [1.54, 1.807) is 16.7 Å². The van der Waals surface area contributed by atoms with E-state index in [0.29, 0.717) is 15.9 Å². The Morgan fingerprint density at radius 2 is 2.29 bits per heavy atom. The average molecular weight is 299 g/mol. The molecule has 0 radical (unpaired) electrons. The van der Waals surface area contributed by atoms with Crippen LogP contribution in [0.5, 0.6) is 0 Å². The molecule has 2 rings (SSSR count). The number of amides is 1. The maximum atomic E-state index is 12.0. The summed E-state index contributed by atoms with van der Waals surface area (Å²) in [5, 5.41) is 1.12. The highest BCUT2D eigenvalue weighted by atomic mass is 79.9. The number of aryl methyl sites for hydroxylation is 1. The van der Waals surface area contributed by atoms with Crippen molar-refractivity contribution in [2.45, 2.75) is 6.92 Å². The molecule has 2 heterocycles. The molecule has 6 nitrogen and oxygen atoms in total. The number of nitrogens with zero attached hydrogens (tertiary/aromatic N) is 4. The third-order valence-corrected chi connectivity index (χ3v) is 3.15. The fraction of sp³-hybridized carbons (Fsp3) is 0.300. The van der Waals surface area contributed by atoms with Gasteiger partial charge < -0.3 is 0 Å². The minimum atomic E-state index is -0.317. The molecular formula is C10H11BrN4O2. The van der Waals surface area contributed by atoms with E-state index in [2.05, 4.69) is 25.9 Å². The van der Waals surface area contributed by atoms with Crippen LogP contribution in [0.3, 0.4) is 0 Å². The second kappa shape index (κ2) is 4.42. The van der Waals surface area contributed by atoms with E-state index in [4.69, 9.17) is 4.84 Å². The zero-order valence-corrected chi connectivity index (χ0v) is 11.2. The number of hydroxylamine groups is 2. The Labute approximate surface area is 106 Å². The molecule has 0 fully saturated rings. The van der Waals surface area contributed by atoms with E-state index in [1.807, 2.05) is 6.92 Å². The topological polar surface area (TPSA) is 59.7 Å². The largest absolute Gasteiger partial charge is 0.298 e. The molecule has 0 saturated heterocycles. The van der Waals surface area contributed by atoms with Crippen LogP contribution in [0.2, 0.25) is 0 Å². The Hall–Kier alpha value is -1.47. The standard InChI is InChI=1S/C10H11BrN4O2/c1-6-12-5-4-7-13-8(9(11)15(6)7)10(16)14(2)17-3/h4-5H,1-3H3. The Bertz CT molecular complexity index is 581. The van der Waals surface area contributed by atoms with E-state index in [9.17, 15) is 4.79 Å². The molecule has 0 N–H and O–H groups in total. The molecule has 0 spiro atoms. The van der Waals surface area contributed by atoms with Crippen molar-refractivity contribution >= 4 is 27.5 Å². The smallest absolute Gasteiger partial charge is 0.274 e. The summed E-state index contributed by atoms with van der Waals surface area (Å²) in [6, 6.07) is 1.74. The van der Waals surface area contributed by atoms with Gasteiger partial charge in [-0.3, -0.25) is 14.0 Å². The molecule has 1 amide bonds. The summed E-state index contributed by atoms with van der Waals surface area (Å²) in [4.78, 5) is 25.2. The van der Waals surface area contributed by atoms with Crippen LogP contribution in [0, 0.1) is 6.92 Å². The van der Waals surface area contributed by atoms with E-state index < -0.39 is 0 Å². The molecule has 0 aromatic carbocycles. The van der Waals surface area contributed by atoms with Crippen molar-refractivity contribution in [3.63, 3.8) is 0 Å². The Morgan fingerprint density at radius 1 is 1.59 bits per heavy atom. The van der Waals surface area contributed by atoms with Gasteiger partial charge in [-0.25, -0.2) is 15.0 Å². The van der Waals surface area contributed by atoms with Crippen LogP contribution < -0.4 is 0 Å². The third-order valence-electron chi connectivity index (χ3n) is 2.42. The molecule has 0 saturated carbocycles. The summed E-state index contributed by atoms with van der Waals surface area (Å²) in [7, 11) is 2.96. The van der Waals surface area contributed by atoms with Crippen molar-refractivity contribution in [3.8, 4) is 0 Å². The molecule has 7 heteroatoms. The van der Waals surface area contributed by atoms with Gasteiger partial charge in [0.2, 0.25) is 0 Å². The van der Waals surface area contributed by atoms with Crippen LogP contribution >= 0.6 is 15.9 Å². The summed E-state index contributed by atoms with van der Waals surface area (Å²) < 4.78 is 2.34. The first-order valence-electron chi connectivity index (χ1n) is 4.88. The van der Waals surface area contributed by atoms with Crippen LogP contribution in [-0.4, -0.2) is 39.5 Å². The molecule has 0 aliphatic carbocycles. The Balaban J connectivity index is 2.61. The van der Waals surface area contributed by atoms with Gasteiger partial charge in [-0.15, -0.1) is 0 Å². The van der Waals surface area contributed by atoms with Crippen molar-refractivity contribution in [2.24, 2.45) is 0 Å². The number of carbonyl (C=O) groups excluding carboxylic acids is 1. The van der Waals surface area contributed by atoms with Gasteiger partial charge in [0.05, 0.1) is 7.11 Å². The van der Waals surface area contributed by atoms with Gasteiger partial charge >= 0.3 is 0 Å². The predicted molar refractivity (Wildman–Crippen MR) is 64.5 cm³/mol. The quantitative estimate of drug-likeness (QED) is 0.787. The van der Waals surface area contributed by atoms with Gasteiger partial charge in [0.25, 0.3) is 5.91 Å². The first-order chi connectivity index (χ1) is 8.06. The molecule has 2 aromatic rings. The number of rotatable bonds is 2. The molecule has 90 valence electrons. The normalized spacial score (nSPS) is 10.8. The molecule has 17 heavy (non-hydrogen) atoms. The number of hydrogen-bond acceptors (Lipinski definition) is 4. The van der Waals surface area contributed by atoms with Crippen LogP contribution in [0.15, 0.2) is 16.9 Å². The number of halogens is 1. The van der Waals surface area contributed by atoms with Crippen LogP contribution in [0.4, 0.5) is 0 Å². The van der Waals surface area contributed by atoms with Crippen molar-refractivity contribution in [1.82, 2.24) is 19.4 Å². The van der Waals surface area contributed by atoms with Crippen molar-refractivity contribution in [3.05, 3.63) is 28.4 Å². The Kier molecular flexibility index (Phi) is 3.12. The fourth-order valence-corrected chi connectivity index (χ4v) is 2.17. The van der Waals surface area contributed by atoms with E-state index >= 15 is 0 Å². The number of aromatic nitrogens is 3. The monoisotopic (exact) mass is 298 g/mol. The zero-order valence-electron chi connectivity index (χ0n) is 9.64. The van der Waals surface area contributed by atoms with E-state index in [0.717, 1.165) is 10.9 Å². The lowest BCUT2D eigenvalue weighted by Crippen LogP contribution is -2.26. The molecule has 0 atom stereocenters. The molecule has 0 aliphatic rings. The molecule has 2 aromatic heterocycles. The van der Waals surface area contributed by atoms with Gasteiger partial charge in [-0.2, -0.15) is 0 Å². The molecule has 0 unspecified atom stereocenters. The lowest BCUT2D eigenvalue weighted by molar-refractivity contribution is -0.0760. The van der Waals surface area contributed by atoms with Gasteiger partial charge in [0, 0.05) is 13.2 Å². The third kappa shape index (κ3) is 1.91. The van der Waals surface area contributed by atoms with Crippen LogP contribution in [-0.2, 0) is 4.84 Å². The first-order valence-corrected chi connectivity index (χ1v) is 5.67. The van der Waals surface area contributed by atoms with Crippen LogP contribution in [0.25, 0.3) is 5.65 Å². The maximum Gasteiger partial charge on any atom is 0.298 e. The van der Waals surface area contributed by atoms with Gasteiger partial charge in [-0.1, -0.05) is 0 Å². The summed E-state index contributed by atoms with van der Waals surface area (Å²) in [5.74, 6) is 0.434. The first kappa shape index (κ1) is 12.0. The van der Waals surface area contributed by atoms with Crippen molar-refractivity contribution < 1.29 is 9.63 Å². The minimum absolute atomic E-state index is 0.297. The molecule has 0 aliphatic heterocycles. The van der Waals surface area contributed by atoms with Gasteiger partial charge in [0.15, 0.2) is 5.69 Å². The Morgan fingerprint density at radius 3 is 2.88 bits per heavy atom. The summed E-state index contributed by atoms with van der Waals surface area (Å²) in [6.45, 7) is 1.84. The number of imidazole rings is 1. The van der Waals surface area contributed by atoms with Crippen LogP contribution in [0.1, 0.15) is 16.3 Å². The predicted octanol–water partition coefficient (Wildman–Crippen LogP) is 1.43. The lowest BCUT2D eigenvalue weighted by atomic mass is 10.4. The fourth-order valence-electron chi connectivity index (χ4n) is 1.47. The van der Waals surface area contributed by atoms with Gasteiger partial charge in [0.1, 0.15) is 16.1 Å². The SMILES string of the molecule is CON(C)C(=O)c1nc2ccnc(C)n2c1Br. The molecule has 0 bridgehead atoms.